The smallest absolute Gasteiger partial charge is 0.224 e. The van der Waals surface area contributed by atoms with Crippen molar-refractivity contribution in [2.24, 2.45) is 0 Å². The Morgan fingerprint density at radius 1 is 1.43 bits per heavy atom. The van der Waals surface area contributed by atoms with Gasteiger partial charge in [-0.2, -0.15) is 0 Å². The van der Waals surface area contributed by atoms with E-state index in [4.69, 9.17) is 4.74 Å². The third-order valence-corrected chi connectivity index (χ3v) is 3.54. The number of imidazole rings is 1. The van der Waals surface area contributed by atoms with E-state index >= 15 is 0 Å². The number of aromatic nitrogens is 2. The predicted molar refractivity (Wildman–Crippen MR) is 88.4 cm³/mol. The van der Waals surface area contributed by atoms with Crippen molar-refractivity contribution in [3.05, 3.63) is 42.0 Å². The first-order valence-electron chi connectivity index (χ1n) is 7.78. The zero-order chi connectivity index (χ0) is 16.7. The predicted octanol–water partition coefficient (Wildman–Crippen LogP) is 2.50. The van der Waals surface area contributed by atoms with Crippen LogP contribution in [-0.2, 0) is 17.9 Å². The maximum atomic E-state index is 12.0. The molecule has 1 aromatic carbocycles. The van der Waals surface area contributed by atoms with Crippen LogP contribution in [0.2, 0.25) is 0 Å². The molecule has 2 aromatic rings. The van der Waals surface area contributed by atoms with E-state index in [1.165, 1.54) is 0 Å². The van der Waals surface area contributed by atoms with E-state index in [2.05, 4.69) is 10.3 Å². The van der Waals surface area contributed by atoms with Crippen LogP contribution in [0.3, 0.4) is 0 Å². The molecule has 0 saturated heterocycles. The van der Waals surface area contributed by atoms with Gasteiger partial charge in [0.25, 0.3) is 0 Å². The summed E-state index contributed by atoms with van der Waals surface area (Å²) in [5.74, 6) is 1.55. The molecular weight excluding hydrogens is 294 g/mol. The molecule has 0 aliphatic carbocycles. The van der Waals surface area contributed by atoms with Crippen molar-refractivity contribution in [3.63, 3.8) is 0 Å². The molecule has 0 spiro atoms. The number of anilines is 1. The third-order valence-electron chi connectivity index (χ3n) is 3.54. The number of aliphatic hydroxyl groups is 1. The molecule has 1 aromatic heterocycles. The maximum Gasteiger partial charge on any atom is 0.224 e. The monoisotopic (exact) mass is 317 g/mol. The number of hydrogen-bond acceptors (Lipinski definition) is 4. The molecule has 6 heteroatoms. The second kappa shape index (κ2) is 8.33. The topological polar surface area (TPSA) is 76.4 Å². The fourth-order valence-electron chi connectivity index (χ4n) is 2.35. The van der Waals surface area contributed by atoms with Gasteiger partial charge in [0.2, 0.25) is 5.91 Å². The lowest BCUT2D eigenvalue weighted by molar-refractivity contribution is -0.116. The van der Waals surface area contributed by atoms with E-state index in [1.54, 1.807) is 24.4 Å². The minimum atomic E-state index is -0.126. The van der Waals surface area contributed by atoms with Gasteiger partial charge in [-0.05, 0) is 38.5 Å². The molecule has 23 heavy (non-hydrogen) atoms. The van der Waals surface area contributed by atoms with Crippen molar-refractivity contribution in [3.8, 4) is 5.75 Å². The number of aliphatic hydroxyl groups excluding tert-OH is 1. The maximum absolute atomic E-state index is 12.0. The minimum absolute atomic E-state index is 0.0455. The molecule has 0 radical (unpaired) electrons. The van der Waals surface area contributed by atoms with Crippen LogP contribution < -0.4 is 10.1 Å². The van der Waals surface area contributed by atoms with E-state index < -0.39 is 0 Å². The Bertz CT molecular complexity index is 652. The summed E-state index contributed by atoms with van der Waals surface area (Å²) in [7, 11) is 0. The normalized spacial score (nSPS) is 10.6. The van der Waals surface area contributed by atoms with Gasteiger partial charge in [-0.15, -0.1) is 0 Å². The summed E-state index contributed by atoms with van der Waals surface area (Å²) >= 11 is 0. The number of hydrogen-bond donors (Lipinski definition) is 2. The number of carbonyl (C=O) groups is 1. The molecular formula is C17H23N3O3. The van der Waals surface area contributed by atoms with Crippen molar-refractivity contribution in [2.45, 2.75) is 39.8 Å². The second-order valence-electron chi connectivity index (χ2n) is 5.23. The number of rotatable bonds is 8. The fourth-order valence-corrected chi connectivity index (χ4v) is 2.35. The van der Waals surface area contributed by atoms with Crippen LogP contribution in [0.5, 0.6) is 5.75 Å². The van der Waals surface area contributed by atoms with Crippen molar-refractivity contribution in [2.75, 3.05) is 11.9 Å². The lowest BCUT2D eigenvalue weighted by Crippen LogP contribution is -2.13. The standard InChI is InChI=1S/C17H23N3O3/c1-3-23-16-7-6-15(11-14(16)12-21)19-17(22)5-4-9-20-10-8-18-13(20)2/h6-8,10-11,21H,3-5,9,12H2,1-2H3,(H,19,22). The molecule has 0 unspecified atom stereocenters. The van der Waals surface area contributed by atoms with E-state index in [9.17, 15) is 9.90 Å². The zero-order valence-corrected chi connectivity index (χ0v) is 13.6. The molecule has 124 valence electrons. The highest BCUT2D eigenvalue weighted by molar-refractivity contribution is 5.90. The fraction of sp³-hybridized carbons (Fsp3) is 0.412. The summed E-state index contributed by atoms with van der Waals surface area (Å²) in [6, 6.07) is 5.28. The van der Waals surface area contributed by atoms with Crippen LogP contribution in [0.15, 0.2) is 30.6 Å². The SMILES string of the molecule is CCOc1ccc(NC(=O)CCCn2ccnc2C)cc1CO. The number of nitrogens with one attached hydrogen (secondary N) is 1. The largest absolute Gasteiger partial charge is 0.494 e. The number of nitrogens with zero attached hydrogens (tertiary/aromatic N) is 2. The Balaban J connectivity index is 1.86. The van der Waals surface area contributed by atoms with Gasteiger partial charge in [-0.25, -0.2) is 4.98 Å². The third kappa shape index (κ3) is 4.82. The van der Waals surface area contributed by atoms with E-state index in [0.717, 1.165) is 18.8 Å². The average molecular weight is 317 g/mol. The number of amides is 1. The lowest BCUT2D eigenvalue weighted by atomic mass is 10.2. The Morgan fingerprint density at radius 2 is 2.26 bits per heavy atom. The highest BCUT2D eigenvalue weighted by Crippen LogP contribution is 2.23. The lowest BCUT2D eigenvalue weighted by Gasteiger charge is -2.11. The van der Waals surface area contributed by atoms with E-state index in [0.29, 0.717) is 30.0 Å². The van der Waals surface area contributed by atoms with E-state index in [-0.39, 0.29) is 12.5 Å². The van der Waals surface area contributed by atoms with E-state index in [1.807, 2.05) is 24.6 Å². The summed E-state index contributed by atoms with van der Waals surface area (Å²) < 4.78 is 7.45. The first-order chi connectivity index (χ1) is 11.1. The zero-order valence-electron chi connectivity index (χ0n) is 13.6. The second-order valence-corrected chi connectivity index (χ2v) is 5.23. The molecule has 2 rings (SSSR count). The highest BCUT2D eigenvalue weighted by atomic mass is 16.5. The first-order valence-corrected chi connectivity index (χ1v) is 7.78. The molecule has 0 fully saturated rings. The summed E-state index contributed by atoms with van der Waals surface area (Å²) in [5.41, 5.74) is 1.33. The summed E-state index contributed by atoms with van der Waals surface area (Å²) in [6.45, 7) is 5.00. The quantitative estimate of drug-likeness (QED) is 0.784. The number of aryl methyl sites for hydroxylation is 2. The average Bonchev–Trinajstić information content (AvgIpc) is 2.94. The molecule has 0 atom stereocenters. The molecule has 0 aliphatic rings. The Labute approximate surface area is 136 Å². The number of carbonyl (C=O) groups excluding carboxylic acids is 1. The van der Waals surface area contributed by atoms with Crippen LogP contribution in [0.4, 0.5) is 5.69 Å². The van der Waals surface area contributed by atoms with Crippen LogP contribution >= 0.6 is 0 Å². The molecule has 2 N–H and O–H groups in total. The van der Waals surface area contributed by atoms with Crippen molar-refractivity contribution >= 4 is 11.6 Å². The van der Waals surface area contributed by atoms with Gasteiger partial charge in [-0.1, -0.05) is 0 Å². The Kier molecular flexibility index (Phi) is 6.17. The molecule has 1 heterocycles. The van der Waals surface area contributed by atoms with Crippen LogP contribution in [0.1, 0.15) is 31.2 Å². The van der Waals surface area contributed by atoms with Crippen LogP contribution in [0, 0.1) is 6.92 Å². The van der Waals surface area contributed by atoms with Gasteiger partial charge < -0.3 is 19.7 Å². The molecule has 0 aliphatic heterocycles. The van der Waals surface area contributed by atoms with Gasteiger partial charge in [0.05, 0.1) is 13.2 Å². The van der Waals surface area contributed by atoms with Gasteiger partial charge in [0.15, 0.2) is 0 Å². The van der Waals surface area contributed by atoms with Gasteiger partial charge in [0.1, 0.15) is 11.6 Å². The minimum Gasteiger partial charge on any atom is -0.494 e. The summed E-state index contributed by atoms with van der Waals surface area (Å²) in [6.07, 6.45) is 4.84. The highest BCUT2D eigenvalue weighted by Gasteiger charge is 2.07. The van der Waals surface area contributed by atoms with Gasteiger partial charge >= 0.3 is 0 Å². The van der Waals surface area contributed by atoms with Crippen LogP contribution in [0.25, 0.3) is 0 Å². The number of benzene rings is 1. The van der Waals surface area contributed by atoms with Gasteiger partial charge in [0, 0.05) is 36.6 Å². The Morgan fingerprint density at radius 3 is 2.91 bits per heavy atom. The number of ether oxygens (including phenoxy) is 1. The first kappa shape index (κ1) is 17.0. The van der Waals surface area contributed by atoms with Crippen molar-refractivity contribution < 1.29 is 14.6 Å². The van der Waals surface area contributed by atoms with Crippen LogP contribution in [-0.4, -0.2) is 27.2 Å². The Hall–Kier alpha value is -2.34. The summed E-state index contributed by atoms with van der Waals surface area (Å²) in [5, 5.41) is 12.2. The summed E-state index contributed by atoms with van der Waals surface area (Å²) in [4.78, 5) is 16.2. The molecule has 1 amide bonds. The molecule has 0 saturated carbocycles. The van der Waals surface area contributed by atoms with Crippen molar-refractivity contribution in [1.29, 1.82) is 0 Å². The van der Waals surface area contributed by atoms with Crippen molar-refractivity contribution in [1.82, 2.24) is 9.55 Å². The molecule has 0 bridgehead atoms. The molecule has 6 nitrogen and oxygen atoms in total. The van der Waals surface area contributed by atoms with Gasteiger partial charge in [-0.3, -0.25) is 4.79 Å².